The number of hydrogen-bond acceptors (Lipinski definition) is 5. The Morgan fingerprint density at radius 3 is 2.05 bits per heavy atom. The summed E-state index contributed by atoms with van der Waals surface area (Å²) in [6, 6.07) is 2.67. The largest absolute Gasteiger partial charge is 0.273 e. The van der Waals surface area contributed by atoms with E-state index in [1.165, 1.54) is 26.0 Å². The number of rotatable bonds is 2. The first-order valence-corrected chi connectivity index (χ1v) is 9.57. The highest BCUT2D eigenvalue weighted by Crippen LogP contribution is 2.32. The summed E-state index contributed by atoms with van der Waals surface area (Å²) in [7, 11) is -2.26. The topological polar surface area (TPSA) is 88.6 Å². The summed E-state index contributed by atoms with van der Waals surface area (Å²) in [6.45, 7) is 3.00. The molecular weight excluding hydrogens is 326 g/mol. The lowest BCUT2D eigenvalue weighted by molar-refractivity contribution is -0.116. The predicted octanol–water partition coefficient (Wildman–Crippen LogP) is 1.30. The van der Waals surface area contributed by atoms with Crippen LogP contribution in [-0.2, 0) is 23.9 Å². The molecule has 0 aliphatic carbocycles. The van der Waals surface area contributed by atoms with E-state index in [1.807, 2.05) is 0 Å². The third kappa shape index (κ3) is 2.55. The van der Waals surface area contributed by atoms with Crippen LogP contribution in [0.1, 0.15) is 17.5 Å². The van der Waals surface area contributed by atoms with Gasteiger partial charge in [-0.15, -0.1) is 0 Å². The van der Waals surface area contributed by atoms with E-state index in [9.17, 15) is 21.6 Å². The molecule has 1 amide bonds. The number of hydrogen-bond donors (Lipinski definition) is 0. The third-order valence-corrected chi connectivity index (χ3v) is 6.29. The quantitative estimate of drug-likeness (QED) is 0.759. The second kappa shape index (κ2) is 4.71. The van der Waals surface area contributed by atoms with Crippen LogP contribution in [0, 0.1) is 13.8 Å². The average molecular weight is 338 g/mol. The van der Waals surface area contributed by atoms with Gasteiger partial charge in [-0.05, 0) is 37.1 Å². The van der Waals surface area contributed by atoms with E-state index >= 15 is 0 Å². The van der Waals surface area contributed by atoms with Crippen LogP contribution in [0.2, 0.25) is 0 Å². The molecule has 0 radical (unpaired) electrons. The van der Waals surface area contributed by atoms with Crippen molar-refractivity contribution in [1.82, 2.24) is 0 Å². The van der Waals surface area contributed by atoms with Gasteiger partial charge in [-0.25, -0.2) is 21.1 Å². The summed E-state index contributed by atoms with van der Waals surface area (Å²) >= 11 is 0. The van der Waals surface area contributed by atoms with Crippen molar-refractivity contribution in [3.05, 3.63) is 23.3 Å². The van der Waals surface area contributed by atoms with Gasteiger partial charge in [-0.2, -0.15) is 0 Å². The fourth-order valence-corrected chi connectivity index (χ4v) is 5.36. The molecule has 1 heterocycles. The Morgan fingerprint density at radius 1 is 1.20 bits per heavy atom. The lowest BCUT2D eigenvalue weighted by Gasteiger charge is -2.17. The van der Waals surface area contributed by atoms with Crippen LogP contribution >= 0.6 is 10.7 Å². The highest BCUT2D eigenvalue weighted by atomic mass is 35.7. The second-order valence-corrected chi connectivity index (χ2v) is 9.01. The number of carbonyl (C=O) groups is 1. The van der Waals surface area contributed by atoms with Gasteiger partial charge in [0, 0.05) is 17.1 Å². The Bertz CT molecular complexity index is 775. The molecule has 1 aliphatic rings. The summed E-state index contributed by atoms with van der Waals surface area (Å²) in [4.78, 5) is 11.6. The predicted molar refractivity (Wildman–Crippen MR) is 74.8 cm³/mol. The van der Waals surface area contributed by atoms with Gasteiger partial charge in [0.15, 0.2) is 0 Å². The summed E-state index contributed by atoms with van der Waals surface area (Å²) in [5.74, 6) is -0.760. The smallest absolute Gasteiger partial charge is 0.261 e. The van der Waals surface area contributed by atoms with Gasteiger partial charge in [-0.3, -0.25) is 4.79 Å². The molecule has 0 saturated carbocycles. The molecule has 9 heteroatoms. The van der Waals surface area contributed by atoms with Crippen molar-refractivity contribution in [3.63, 3.8) is 0 Å². The van der Waals surface area contributed by atoms with Gasteiger partial charge in [0.25, 0.3) is 9.05 Å². The first-order chi connectivity index (χ1) is 9.04. The Labute approximate surface area is 121 Å². The van der Waals surface area contributed by atoms with E-state index < -0.39 is 25.0 Å². The second-order valence-electron chi connectivity index (χ2n) is 4.57. The van der Waals surface area contributed by atoms with E-state index in [0.29, 0.717) is 11.1 Å². The molecule has 1 aromatic rings. The summed E-state index contributed by atoms with van der Waals surface area (Å²) < 4.78 is 47.3. The molecular formula is C11H12ClNO5S2. The Morgan fingerprint density at radius 2 is 1.70 bits per heavy atom. The fraction of sp³-hybridized carbons (Fsp3) is 0.364. The standard InChI is InChI=1S/C11H12ClNO5S2/c1-7-5-9(6-8(2)11(7)20(12,17)18)13-10(14)3-4-19(13,15)16/h5-6H,3-4H2,1-2H3. The van der Waals surface area contributed by atoms with E-state index in [-0.39, 0.29) is 22.8 Å². The molecule has 0 atom stereocenters. The van der Waals surface area contributed by atoms with Gasteiger partial charge in [0.05, 0.1) is 16.3 Å². The zero-order chi connectivity index (χ0) is 15.3. The van der Waals surface area contributed by atoms with Crippen molar-refractivity contribution < 1.29 is 21.6 Å². The maximum absolute atomic E-state index is 11.8. The lowest BCUT2D eigenvalue weighted by atomic mass is 10.1. The van der Waals surface area contributed by atoms with Crippen LogP contribution in [0.5, 0.6) is 0 Å². The zero-order valence-corrected chi connectivity index (χ0v) is 13.1. The minimum Gasteiger partial charge on any atom is -0.273 e. The molecule has 2 rings (SSSR count). The van der Waals surface area contributed by atoms with Crippen LogP contribution in [0.15, 0.2) is 17.0 Å². The van der Waals surface area contributed by atoms with Crippen LogP contribution < -0.4 is 4.31 Å². The number of aryl methyl sites for hydroxylation is 2. The zero-order valence-electron chi connectivity index (χ0n) is 10.8. The van der Waals surface area contributed by atoms with Crippen molar-refractivity contribution in [1.29, 1.82) is 0 Å². The number of sulfonamides is 1. The van der Waals surface area contributed by atoms with E-state index in [1.54, 1.807) is 0 Å². The summed E-state index contributed by atoms with van der Waals surface area (Å²) in [6.07, 6.45) is -0.0734. The molecule has 1 saturated heterocycles. The number of nitrogens with zero attached hydrogens (tertiary/aromatic N) is 1. The SMILES string of the molecule is Cc1cc(N2C(=O)CCS2(=O)=O)cc(C)c1S(=O)(=O)Cl. The summed E-state index contributed by atoms with van der Waals surface area (Å²) in [5, 5.41) is 0. The van der Waals surface area contributed by atoms with E-state index in [2.05, 4.69) is 0 Å². The number of carbonyl (C=O) groups excluding carboxylic acids is 1. The molecule has 0 unspecified atom stereocenters. The fourth-order valence-electron chi connectivity index (χ4n) is 2.30. The maximum atomic E-state index is 11.8. The van der Waals surface area contributed by atoms with Crippen LogP contribution in [-0.4, -0.2) is 28.5 Å². The normalized spacial score (nSPS) is 18.6. The average Bonchev–Trinajstić information content (AvgIpc) is 2.49. The molecule has 1 fully saturated rings. The van der Waals surface area contributed by atoms with Crippen molar-refractivity contribution >= 4 is 41.4 Å². The minimum absolute atomic E-state index is 0.0630. The maximum Gasteiger partial charge on any atom is 0.261 e. The number of anilines is 1. The van der Waals surface area contributed by atoms with Crippen molar-refractivity contribution in [3.8, 4) is 0 Å². The first-order valence-electron chi connectivity index (χ1n) is 5.66. The molecule has 6 nitrogen and oxygen atoms in total. The Hall–Kier alpha value is -1.12. The van der Waals surface area contributed by atoms with Crippen LogP contribution in [0.25, 0.3) is 0 Å². The number of amides is 1. The molecule has 0 N–H and O–H groups in total. The Balaban J connectivity index is 2.66. The van der Waals surface area contributed by atoms with Gasteiger partial charge in [0.1, 0.15) is 0 Å². The summed E-state index contributed by atoms with van der Waals surface area (Å²) in [5.41, 5.74) is 0.737. The number of halogens is 1. The third-order valence-electron chi connectivity index (χ3n) is 3.00. The first kappa shape index (κ1) is 15.3. The van der Waals surface area contributed by atoms with E-state index in [4.69, 9.17) is 10.7 Å². The molecule has 0 aromatic heterocycles. The molecule has 110 valence electrons. The van der Waals surface area contributed by atoms with Gasteiger partial charge in [-0.1, -0.05) is 0 Å². The molecule has 1 aliphatic heterocycles. The van der Waals surface area contributed by atoms with E-state index in [0.717, 1.165) is 4.31 Å². The molecule has 0 spiro atoms. The Kier molecular flexibility index (Phi) is 3.60. The van der Waals surface area contributed by atoms with Gasteiger partial charge >= 0.3 is 0 Å². The highest BCUT2D eigenvalue weighted by molar-refractivity contribution is 8.13. The van der Waals surface area contributed by atoms with Crippen LogP contribution in [0.4, 0.5) is 5.69 Å². The van der Waals surface area contributed by atoms with Crippen LogP contribution in [0.3, 0.4) is 0 Å². The highest BCUT2D eigenvalue weighted by Gasteiger charge is 2.37. The van der Waals surface area contributed by atoms with Crippen molar-refractivity contribution in [2.75, 3.05) is 10.1 Å². The number of benzene rings is 1. The van der Waals surface area contributed by atoms with Gasteiger partial charge in [0.2, 0.25) is 15.9 Å². The van der Waals surface area contributed by atoms with Gasteiger partial charge < -0.3 is 0 Å². The van der Waals surface area contributed by atoms with Crippen molar-refractivity contribution in [2.45, 2.75) is 25.2 Å². The minimum atomic E-state index is -3.93. The molecule has 0 bridgehead atoms. The monoisotopic (exact) mass is 337 g/mol. The lowest BCUT2D eigenvalue weighted by Crippen LogP contribution is -2.29. The van der Waals surface area contributed by atoms with Crippen molar-refractivity contribution in [2.24, 2.45) is 0 Å². The molecule has 1 aromatic carbocycles. The molecule has 20 heavy (non-hydrogen) atoms.